The fraction of sp³-hybridized carbons (Fsp3) is 0.667. The first kappa shape index (κ1) is 11.5. The fourth-order valence-corrected chi connectivity index (χ4v) is 2.29. The zero-order valence-electron chi connectivity index (χ0n) is 10.1. The van der Waals surface area contributed by atoms with Crippen molar-refractivity contribution in [3.05, 3.63) is 24.3 Å². The molecule has 1 aromatic heterocycles. The molecule has 2 atom stereocenters. The molecule has 1 aromatic rings. The highest BCUT2D eigenvalue weighted by atomic mass is 16.5. The molecule has 0 aromatic carbocycles. The molecule has 0 radical (unpaired) electrons. The van der Waals surface area contributed by atoms with Crippen LogP contribution in [0.25, 0.3) is 0 Å². The summed E-state index contributed by atoms with van der Waals surface area (Å²) in [5.74, 6) is 0. The minimum atomic E-state index is 0.213. The van der Waals surface area contributed by atoms with E-state index in [0.717, 1.165) is 18.5 Å². The van der Waals surface area contributed by atoms with Crippen LogP contribution in [-0.4, -0.2) is 29.2 Å². The van der Waals surface area contributed by atoms with E-state index in [9.17, 15) is 0 Å². The molecule has 0 aliphatic heterocycles. The summed E-state index contributed by atoms with van der Waals surface area (Å²) in [5, 5.41) is 3.53. The molecule has 16 heavy (non-hydrogen) atoms. The summed E-state index contributed by atoms with van der Waals surface area (Å²) in [5.41, 5.74) is 1.34. The van der Waals surface area contributed by atoms with Crippen molar-refractivity contribution in [2.24, 2.45) is 5.41 Å². The summed E-state index contributed by atoms with van der Waals surface area (Å²) >= 11 is 0. The smallest absolute Gasteiger partial charge is 0.115 e. The molecule has 0 amide bonds. The maximum Gasteiger partial charge on any atom is 0.115 e. The van der Waals surface area contributed by atoms with Gasteiger partial charge in [0, 0.05) is 43.1 Å². The Bertz CT molecular complexity index is 339. The Morgan fingerprint density at radius 2 is 2.12 bits per heavy atom. The van der Waals surface area contributed by atoms with Gasteiger partial charge in [-0.05, 0) is 6.42 Å². The van der Waals surface area contributed by atoms with E-state index in [1.807, 2.05) is 12.4 Å². The van der Waals surface area contributed by atoms with E-state index >= 15 is 0 Å². The number of nitrogens with zero attached hydrogens (tertiary/aromatic N) is 2. The van der Waals surface area contributed by atoms with Crippen molar-refractivity contribution >= 4 is 0 Å². The SMILES string of the molecule is COC1CC(NCc2cncnc2)C1(C)C. The van der Waals surface area contributed by atoms with Gasteiger partial charge >= 0.3 is 0 Å². The number of hydrogen-bond acceptors (Lipinski definition) is 4. The molecule has 0 saturated heterocycles. The average Bonchev–Trinajstić information content (AvgIpc) is 2.29. The van der Waals surface area contributed by atoms with Crippen LogP contribution in [0.15, 0.2) is 18.7 Å². The van der Waals surface area contributed by atoms with Crippen molar-refractivity contribution in [1.29, 1.82) is 0 Å². The lowest BCUT2D eigenvalue weighted by Gasteiger charge is -2.51. The molecular formula is C12H19N3O. The third-order valence-corrected chi connectivity index (χ3v) is 3.63. The van der Waals surface area contributed by atoms with E-state index in [4.69, 9.17) is 4.74 Å². The van der Waals surface area contributed by atoms with Crippen LogP contribution < -0.4 is 5.32 Å². The van der Waals surface area contributed by atoms with Crippen LogP contribution in [-0.2, 0) is 11.3 Å². The Hall–Kier alpha value is -1.00. The van der Waals surface area contributed by atoms with Gasteiger partial charge in [-0.1, -0.05) is 13.8 Å². The summed E-state index contributed by atoms with van der Waals surface area (Å²) in [4.78, 5) is 8.00. The van der Waals surface area contributed by atoms with Gasteiger partial charge in [0.15, 0.2) is 0 Å². The molecular weight excluding hydrogens is 202 g/mol. The summed E-state index contributed by atoms with van der Waals surface area (Å²) in [6.45, 7) is 5.30. The zero-order valence-corrected chi connectivity index (χ0v) is 10.1. The van der Waals surface area contributed by atoms with Crippen LogP contribution in [0.5, 0.6) is 0 Å². The third kappa shape index (κ3) is 2.08. The van der Waals surface area contributed by atoms with Gasteiger partial charge in [-0.3, -0.25) is 0 Å². The van der Waals surface area contributed by atoms with Gasteiger partial charge in [0.05, 0.1) is 6.10 Å². The second kappa shape index (κ2) is 4.47. The summed E-state index contributed by atoms with van der Waals surface area (Å²) < 4.78 is 5.42. The predicted octanol–water partition coefficient (Wildman–Crippen LogP) is 1.38. The van der Waals surface area contributed by atoms with Crippen molar-refractivity contribution in [1.82, 2.24) is 15.3 Å². The second-order valence-electron chi connectivity index (χ2n) is 4.96. The topological polar surface area (TPSA) is 47.0 Å². The van der Waals surface area contributed by atoms with Gasteiger partial charge in [-0.15, -0.1) is 0 Å². The minimum Gasteiger partial charge on any atom is -0.381 e. The lowest BCUT2D eigenvalue weighted by molar-refractivity contribution is -0.0979. The molecule has 1 saturated carbocycles. The Balaban J connectivity index is 1.85. The highest BCUT2D eigenvalue weighted by Gasteiger charge is 2.48. The first-order valence-electron chi connectivity index (χ1n) is 5.64. The quantitative estimate of drug-likeness (QED) is 0.834. The minimum absolute atomic E-state index is 0.213. The van der Waals surface area contributed by atoms with E-state index in [-0.39, 0.29) is 5.41 Å². The zero-order chi connectivity index (χ0) is 11.6. The molecule has 4 nitrogen and oxygen atoms in total. The van der Waals surface area contributed by atoms with Gasteiger partial charge in [0.25, 0.3) is 0 Å². The molecule has 1 fully saturated rings. The summed E-state index contributed by atoms with van der Waals surface area (Å²) in [6, 6.07) is 0.512. The molecule has 0 bridgehead atoms. The van der Waals surface area contributed by atoms with E-state index in [2.05, 4.69) is 29.1 Å². The largest absolute Gasteiger partial charge is 0.381 e. The van der Waals surface area contributed by atoms with E-state index in [1.165, 1.54) is 0 Å². The summed E-state index contributed by atoms with van der Waals surface area (Å²) in [6.07, 6.45) is 6.70. The molecule has 1 aliphatic carbocycles. The highest BCUT2D eigenvalue weighted by Crippen LogP contribution is 2.42. The van der Waals surface area contributed by atoms with Crippen LogP contribution in [0.3, 0.4) is 0 Å². The molecule has 1 heterocycles. The number of hydrogen-bond donors (Lipinski definition) is 1. The van der Waals surface area contributed by atoms with Crippen molar-refractivity contribution in [3.8, 4) is 0 Å². The number of nitrogens with one attached hydrogen (secondary N) is 1. The van der Waals surface area contributed by atoms with Gasteiger partial charge in [-0.2, -0.15) is 0 Å². The number of rotatable bonds is 4. The van der Waals surface area contributed by atoms with Crippen LogP contribution in [0.1, 0.15) is 25.8 Å². The van der Waals surface area contributed by atoms with E-state index in [1.54, 1.807) is 13.4 Å². The third-order valence-electron chi connectivity index (χ3n) is 3.63. The van der Waals surface area contributed by atoms with Crippen molar-refractivity contribution in [2.45, 2.75) is 39.0 Å². The summed E-state index contributed by atoms with van der Waals surface area (Å²) in [7, 11) is 1.79. The monoisotopic (exact) mass is 221 g/mol. The van der Waals surface area contributed by atoms with Gasteiger partial charge in [0.1, 0.15) is 6.33 Å². The second-order valence-corrected chi connectivity index (χ2v) is 4.96. The molecule has 4 heteroatoms. The molecule has 88 valence electrons. The van der Waals surface area contributed by atoms with E-state index in [0.29, 0.717) is 12.1 Å². The molecule has 2 rings (SSSR count). The molecule has 1 aliphatic rings. The van der Waals surface area contributed by atoms with Crippen LogP contribution in [0.4, 0.5) is 0 Å². The Labute approximate surface area is 96.4 Å². The first-order valence-corrected chi connectivity index (χ1v) is 5.64. The van der Waals surface area contributed by atoms with Crippen molar-refractivity contribution in [3.63, 3.8) is 0 Å². The number of ether oxygens (including phenoxy) is 1. The molecule has 2 unspecified atom stereocenters. The normalized spacial score (nSPS) is 27.4. The lowest BCUT2D eigenvalue weighted by atomic mass is 9.64. The average molecular weight is 221 g/mol. The highest BCUT2D eigenvalue weighted by molar-refractivity contribution is 5.06. The van der Waals surface area contributed by atoms with Gasteiger partial charge < -0.3 is 10.1 Å². The standard InChI is InChI=1S/C12H19N3O/c1-12(2)10(4-11(12)16-3)15-7-9-5-13-8-14-6-9/h5-6,8,10-11,15H,4,7H2,1-3H3. The van der Waals surface area contributed by atoms with Crippen LogP contribution >= 0.6 is 0 Å². The fourth-order valence-electron chi connectivity index (χ4n) is 2.29. The number of aromatic nitrogens is 2. The van der Waals surface area contributed by atoms with Crippen molar-refractivity contribution < 1.29 is 4.74 Å². The maximum absolute atomic E-state index is 5.42. The van der Waals surface area contributed by atoms with Gasteiger partial charge in [0.2, 0.25) is 0 Å². The number of methoxy groups -OCH3 is 1. The maximum atomic E-state index is 5.42. The Morgan fingerprint density at radius 1 is 1.44 bits per heavy atom. The molecule has 1 N–H and O–H groups in total. The van der Waals surface area contributed by atoms with Crippen LogP contribution in [0, 0.1) is 5.41 Å². The van der Waals surface area contributed by atoms with Gasteiger partial charge in [-0.25, -0.2) is 9.97 Å². The Morgan fingerprint density at radius 3 is 2.69 bits per heavy atom. The molecule has 0 spiro atoms. The predicted molar refractivity (Wildman–Crippen MR) is 61.9 cm³/mol. The van der Waals surface area contributed by atoms with Crippen LogP contribution in [0.2, 0.25) is 0 Å². The van der Waals surface area contributed by atoms with Crippen molar-refractivity contribution in [2.75, 3.05) is 7.11 Å². The van der Waals surface area contributed by atoms with E-state index < -0.39 is 0 Å². The lowest BCUT2D eigenvalue weighted by Crippen LogP contribution is -2.60. The Kier molecular flexibility index (Phi) is 3.21. The first-order chi connectivity index (χ1) is 7.64.